The second-order valence-electron chi connectivity index (χ2n) is 6.64. The SMILES string of the molecule is O=C(NCCCc1ccccc1)NCCC(O)c1cccc2ccccc12. The molecule has 4 nitrogen and oxygen atoms in total. The third kappa shape index (κ3) is 5.56. The minimum absolute atomic E-state index is 0.187. The van der Waals surface area contributed by atoms with E-state index in [2.05, 4.69) is 22.8 Å². The molecule has 0 aliphatic heterocycles. The molecular formula is C23H26N2O2. The molecule has 0 fully saturated rings. The minimum atomic E-state index is -0.602. The van der Waals surface area contributed by atoms with Gasteiger partial charge in [0, 0.05) is 13.1 Å². The molecular weight excluding hydrogens is 336 g/mol. The summed E-state index contributed by atoms with van der Waals surface area (Å²) in [7, 11) is 0. The summed E-state index contributed by atoms with van der Waals surface area (Å²) in [6, 6.07) is 24.0. The predicted octanol–water partition coefficient (Wildman–Crippen LogP) is 4.20. The Kier molecular flexibility index (Phi) is 6.83. The number of hydrogen-bond donors (Lipinski definition) is 3. The quantitative estimate of drug-likeness (QED) is 0.526. The number of fused-ring (bicyclic) bond motifs is 1. The van der Waals surface area contributed by atoms with E-state index in [1.807, 2.05) is 60.7 Å². The van der Waals surface area contributed by atoms with E-state index in [4.69, 9.17) is 0 Å². The first-order chi connectivity index (χ1) is 13.2. The number of rotatable bonds is 8. The standard InChI is InChI=1S/C23H26N2O2/c26-22(21-14-6-12-19-11-4-5-13-20(19)21)15-17-25-23(27)24-16-7-10-18-8-2-1-3-9-18/h1-6,8-9,11-14,22,26H,7,10,15-17H2,(H2,24,25,27). The van der Waals surface area contributed by atoms with Gasteiger partial charge in [0.15, 0.2) is 0 Å². The summed E-state index contributed by atoms with van der Waals surface area (Å²) in [5.41, 5.74) is 2.18. The van der Waals surface area contributed by atoms with Crippen LogP contribution < -0.4 is 10.6 Å². The number of carbonyl (C=O) groups is 1. The maximum atomic E-state index is 11.9. The number of nitrogens with one attached hydrogen (secondary N) is 2. The van der Waals surface area contributed by atoms with Crippen molar-refractivity contribution in [2.75, 3.05) is 13.1 Å². The van der Waals surface area contributed by atoms with Crippen molar-refractivity contribution in [2.45, 2.75) is 25.4 Å². The van der Waals surface area contributed by atoms with Crippen molar-refractivity contribution in [2.24, 2.45) is 0 Å². The van der Waals surface area contributed by atoms with Gasteiger partial charge in [-0.2, -0.15) is 0 Å². The van der Waals surface area contributed by atoms with Gasteiger partial charge in [-0.1, -0.05) is 72.8 Å². The molecule has 27 heavy (non-hydrogen) atoms. The molecule has 0 aliphatic carbocycles. The van der Waals surface area contributed by atoms with Gasteiger partial charge in [0.2, 0.25) is 0 Å². The van der Waals surface area contributed by atoms with Gasteiger partial charge < -0.3 is 15.7 Å². The fourth-order valence-corrected chi connectivity index (χ4v) is 3.22. The molecule has 1 atom stereocenters. The van der Waals surface area contributed by atoms with Crippen LogP contribution in [0.5, 0.6) is 0 Å². The van der Waals surface area contributed by atoms with Crippen molar-refractivity contribution in [1.82, 2.24) is 10.6 Å². The smallest absolute Gasteiger partial charge is 0.314 e. The third-order valence-corrected chi connectivity index (χ3v) is 4.66. The van der Waals surface area contributed by atoms with Crippen LogP contribution in [-0.2, 0) is 6.42 Å². The summed E-state index contributed by atoms with van der Waals surface area (Å²) < 4.78 is 0. The van der Waals surface area contributed by atoms with Gasteiger partial charge in [0.1, 0.15) is 0 Å². The number of amides is 2. The number of benzene rings is 3. The topological polar surface area (TPSA) is 61.4 Å². The first-order valence-corrected chi connectivity index (χ1v) is 9.45. The lowest BCUT2D eigenvalue weighted by atomic mass is 9.99. The zero-order valence-electron chi connectivity index (χ0n) is 15.4. The van der Waals surface area contributed by atoms with Gasteiger partial charge in [0.25, 0.3) is 0 Å². The van der Waals surface area contributed by atoms with Crippen LogP contribution in [-0.4, -0.2) is 24.2 Å². The fourth-order valence-electron chi connectivity index (χ4n) is 3.22. The van der Waals surface area contributed by atoms with E-state index in [1.165, 1.54) is 5.56 Å². The lowest BCUT2D eigenvalue weighted by Gasteiger charge is -2.14. The van der Waals surface area contributed by atoms with Crippen molar-refractivity contribution >= 4 is 16.8 Å². The van der Waals surface area contributed by atoms with Crippen molar-refractivity contribution in [3.8, 4) is 0 Å². The average Bonchev–Trinajstić information content (AvgIpc) is 2.71. The Morgan fingerprint density at radius 3 is 2.41 bits per heavy atom. The number of urea groups is 1. The zero-order valence-corrected chi connectivity index (χ0v) is 15.4. The van der Waals surface area contributed by atoms with E-state index >= 15 is 0 Å². The minimum Gasteiger partial charge on any atom is -0.388 e. The van der Waals surface area contributed by atoms with Crippen LogP contribution in [0.1, 0.15) is 30.1 Å². The fraction of sp³-hybridized carbons (Fsp3) is 0.261. The Morgan fingerprint density at radius 1 is 0.852 bits per heavy atom. The van der Waals surface area contributed by atoms with E-state index in [0.717, 1.165) is 29.2 Å². The van der Waals surface area contributed by atoms with E-state index in [1.54, 1.807) is 0 Å². The van der Waals surface area contributed by atoms with Crippen LogP contribution in [0.2, 0.25) is 0 Å². The van der Waals surface area contributed by atoms with Crippen molar-refractivity contribution < 1.29 is 9.90 Å². The third-order valence-electron chi connectivity index (χ3n) is 4.66. The highest BCUT2D eigenvalue weighted by Crippen LogP contribution is 2.25. The second kappa shape index (κ2) is 9.74. The molecule has 2 amide bonds. The van der Waals surface area contributed by atoms with Gasteiger partial charge in [0.05, 0.1) is 6.10 Å². The molecule has 1 unspecified atom stereocenters. The lowest BCUT2D eigenvalue weighted by molar-refractivity contribution is 0.168. The van der Waals surface area contributed by atoms with Crippen LogP contribution in [0.3, 0.4) is 0 Å². The molecule has 3 aromatic carbocycles. The Labute approximate surface area is 160 Å². The summed E-state index contributed by atoms with van der Waals surface area (Å²) in [4.78, 5) is 11.9. The van der Waals surface area contributed by atoms with Gasteiger partial charge in [-0.05, 0) is 41.2 Å². The molecule has 3 N–H and O–H groups in total. The molecule has 3 rings (SSSR count). The van der Waals surface area contributed by atoms with Gasteiger partial charge >= 0.3 is 6.03 Å². The highest BCUT2D eigenvalue weighted by atomic mass is 16.3. The molecule has 140 valence electrons. The molecule has 0 heterocycles. The van der Waals surface area contributed by atoms with E-state index < -0.39 is 6.10 Å². The molecule has 0 saturated carbocycles. The largest absolute Gasteiger partial charge is 0.388 e. The highest BCUT2D eigenvalue weighted by Gasteiger charge is 2.11. The molecule has 4 heteroatoms. The van der Waals surface area contributed by atoms with E-state index in [9.17, 15) is 9.90 Å². The predicted molar refractivity (Wildman–Crippen MR) is 110 cm³/mol. The molecule has 0 saturated heterocycles. The van der Waals surface area contributed by atoms with E-state index in [-0.39, 0.29) is 6.03 Å². The number of aliphatic hydroxyl groups is 1. The van der Waals surface area contributed by atoms with Gasteiger partial charge in [-0.15, -0.1) is 0 Å². The summed E-state index contributed by atoms with van der Waals surface area (Å²) in [5.74, 6) is 0. The summed E-state index contributed by atoms with van der Waals surface area (Å²) >= 11 is 0. The van der Waals surface area contributed by atoms with Crippen LogP contribution in [0.15, 0.2) is 72.8 Å². The first-order valence-electron chi connectivity index (χ1n) is 9.45. The molecule has 0 aromatic heterocycles. The van der Waals surface area contributed by atoms with Crippen molar-refractivity contribution in [3.05, 3.63) is 83.9 Å². The van der Waals surface area contributed by atoms with Crippen LogP contribution in [0, 0.1) is 0 Å². The maximum absolute atomic E-state index is 11.9. The average molecular weight is 362 g/mol. The van der Waals surface area contributed by atoms with Crippen molar-refractivity contribution in [1.29, 1.82) is 0 Å². The number of aliphatic hydroxyl groups excluding tert-OH is 1. The Hall–Kier alpha value is -2.85. The van der Waals surface area contributed by atoms with Crippen LogP contribution >= 0.6 is 0 Å². The Balaban J connectivity index is 1.38. The number of aryl methyl sites for hydroxylation is 1. The van der Waals surface area contributed by atoms with Crippen molar-refractivity contribution in [3.63, 3.8) is 0 Å². The molecule has 0 radical (unpaired) electrons. The van der Waals surface area contributed by atoms with Gasteiger partial charge in [-0.3, -0.25) is 0 Å². The van der Waals surface area contributed by atoms with Crippen LogP contribution in [0.25, 0.3) is 10.8 Å². The molecule has 0 aliphatic rings. The summed E-state index contributed by atoms with van der Waals surface area (Å²) in [6.45, 7) is 1.06. The normalized spacial score (nSPS) is 11.9. The number of carbonyl (C=O) groups excluding carboxylic acids is 1. The first kappa shape index (κ1) is 18.9. The maximum Gasteiger partial charge on any atom is 0.314 e. The summed E-state index contributed by atoms with van der Waals surface area (Å²) in [6.07, 6.45) is 1.72. The second-order valence-corrected chi connectivity index (χ2v) is 6.64. The summed E-state index contributed by atoms with van der Waals surface area (Å²) in [5, 5.41) is 18.3. The monoisotopic (exact) mass is 362 g/mol. The Morgan fingerprint density at radius 2 is 1.56 bits per heavy atom. The van der Waals surface area contributed by atoms with Gasteiger partial charge in [-0.25, -0.2) is 4.79 Å². The molecule has 0 spiro atoms. The Bertz CT molecular complexity index is 859. The number of hydrogen-bond acceptors (Lipinski definition) is 2. The van der Waals surface area contributed by atoms with E-state index in [0.29, 0.717) is 19.5 Å². The molecule has 0 bridgehead atoms. The van der Waals surface area contributed by atoms with Crippen LogP contribution in [0.4, 0.5) is 4.79 Å². The zero-order chi connectivity index (χ0) is 18.9. The lowest BCUT2D eigenvalue weighted by Crippen LogP contribution is -2.37. The highest BCUT2D eigenvalue weighted by molar-refractivity contribution is 5.86. The molecule has 3 aromatic rings.